The molecule has 0 saturated carbocycles. The molecule has 5 rings (SSSR count). The number of piperidine rings is 1. The molecule has 1 aromatic carbocycles. The molecule has 0 aliphatic carbocycles. The number of aromatic nitrogens is 4. The van der Waals surface area contributed by atoms with Crippen molar-refractivity contribution in [1.82, 2.24) is 25.1 Å². The Morgan fingerprint density at radius 1 is 1.12 bits per heavy atom. The maximum Gasteiger partial charge on any atom is 0.276 e. The lowest BCUT2D eigenvalue weighted by atomic mass is 10.0. The molecule has 9 nitrogen and oxygen atoms in total. The number of likely N-dealkylation sites (tertiary alicyclic amines) is 1. The van der Waals surface area contributed by atoms with E-state index in [2.05, 4.69) is 41.8 Å². The second-order valence-corrected chi connectivity index (χ2v) is 8.56. The van der Waals surface area contributed by atoms with Crippen molar-refractivity contribution >= 4 is 28.3 Å². The molecule has 4 aromatic rings. The lowest BCUT2D eigenvalue weighted by molar-refractivity contribution is 0.0792. The van der Waals surface area contributed by atoms with Crippen molar-refractivity contribution in [3.63, 3.8) is 0 Å². The van der Waals surface area contributed by atoms with Crippen LogP contribution in [0.15, 0.2) is 55.0 Å². The summed E-state index contributed by atoms with van der Waals surface area (Å²) in [6.07, 6.45) is 6.76. The van der Waals surface area contributed by atoms with Crippen molar-refractivity contribution in [2.45, 2.75) is 25.5 Å². The summed E-state index contributed by atoms with van der Waals surface area (Å²) >= 11 is 0. The van der Waals surface area contributed by atoms with Crippen LogP contribution >= 0.6 is 0 Å². The number of rotatable bonds is 6. The number of aromatic amines is 1. The fraction of sp³-hybridized carbons (Fsp3) is 0.280. The molecule has 174 valence electrons. The number of H-pyrrole nitrogens is 1. The fourth-order valence-corrected chi connectivity index (χ4v) is 4.24. The van der Waals surface area contributed by atoms with Crippen molar-refractivity contribution in [2.24, 2.45) is 0 Å². The van der Waals surface area contributed by atoms with Crippen LogP contribution in [-0.2, 0) is 6.54 Å². The van der Waals surface area contributed by atoms with Crippen LogP contribution < -0.4 is 10.6 Å². The quantitative estimate of drug-likeness (QED) is 0.351. The van der Waals surface area contributed by atoms with Crippen LogP contribution in [0.25, 0.3) is 22.0 Å². The van der Waals surface area contributed by atoms with Crippen LogP contribution in [0.1, 0.15) is 28.9 Å². The number of hydrogen-bond donors (Lipinski definition) is 4. The van der Waals surface area contributed by atoms with E-state index in [1.165, 1.54) is 0 Å². The minimum atomic E-state index is -0.304. The number of aliphatic hydroxyl groups excluding tert-OH is 1. The monoisotopic (exact) mass is 457 g/mol. The van der Waals surface area contributed by atoms with Gasteiger partial charge in [-0.05, 0) is 54.3 Å². The van der Waals surface area contributed by atoms with E-state index in [1.54, 1.807) is 25.4 Å². The highest BCUT2D eigenvalue weighted by Gasteiger charge is 2.18. The number of nitrogens with zero attached hydrogens (tertiary/aromatic N) is 4. The van der Waals surface area contributed by atoms with Gasteiger partial charge in [-0.3, -0.25) is 19.8 Å². The molecule has 1 fully saturated rings. The average Bonchev–Trinajstić information content (AvgIpc) is 3.30. The molecular weight excluding hydrogens is 430 g/mol. The Hall–Kier alpha value is -3.82. The summed E-state index contributed by atoms with van der Waals surface area (Å²) in [5, 5.41) is 23.5. The molecule has 1 aliphatic rings. The molecule has 34 heavy (non-hydrogen) atoms. The first-order valence-electron chi connectivity index (χ1n) is 11.4. The van der Waals surface area contributed by atoms with Crippen molar-refractivity contribution in [2.75, 3.05) is 30.8 Å². The summed E-state index contributed by atoms with van der Waals surface area (Å²) in [5.74, 6) is 0.420. The Labute approximate surface area is 197 Å². The smallest absolute Gasteiger partial charge is 0.276 e. The van der Waals surface area contributed by atoms with E-state index >= 15 is 0 Å². The van der Waals surface area contributed by atoms with Gasteiger partial charge < -0.3 is 15.7 Å². The highest BCUT2D eigenvalue weighted by atomic mass is 16.3. The molecule has 0 spiro atoms. The number of nitrogens with one attached hydrogen (secondary N) is 3. The molecule has 9 heteroatoms. The number of amides is 1. The fourth-order valence-electron chi connectivity index (χ4n) is 4.24. The topological polar surface area (TPSA) is 119 Å². The molecule has 0 atom stereocenters. The van der Waals surface area contributed by atoms with Gasteiger partial charge in [-0.15, -0.1) is 0 Å². The average molecular weight is 458 g/mol. The second-order valence-electron chi connectivity index (χ2n) is 8.56. The van der Waals surface area contributed by atoms with E-state index in [0.717, 1.165) is 65.9 Å². The van der Waals surface area contributed by atoms with Crippen molar-refractivity contribution in [3.8, 4) is 11.1 Å². The third-order valence-electron chi connectivity index (χ3n) is 6.15. The minimum absolute atomic E-state index is 0.183. The van der Waals surface area contributed by atoms with Gasteiger partial charge in [0.1, 0.15) is 5.82 Å². The van der Waals surface area contributed by atoms with Gasteiger partial charge in [0, 0.05) is 50.0 Å². The summed E-state index contributed by atoms with van der Waals surface area (Å²) in [7, 11) is 1.79. The standard InChI is InChI=1S/C25H27N7O2/c1-26-23-5-3-19(14-28-23)29-25(34)24-21-11-17(2-4-22(21)30-31-24)18-10-16(12-27-13-18)15-32-8-6-20(33)7-9-32/h2-5,10-14,20,33H,6-9,15H2,1H3,(H,26,28)(H,29,34)(H,30,31). The van der Waals surface area contributed by atoms with Gasteiger partial charge in [0.05, 0.1) is 23.5 Å². The van der Waals surface area contributed by atoms with Crippen LogP contribution in [-0.4, -0.2) is 62.3 Å². The third kappa shape index (κ3) is 4.75. The molecular formula is C25H27N7O2. The number of benzene rings is 1. The molecule has 3 aromatic heterocycles. The predicted molar refractivity (Wildman–Crippen MR) is 132 cm³/mol. The zero-order valence-electron chi connectivity index (χ0n) is 19.0. The largest absolute Gasteiger partial charge is 0.393 e. The Morgan fingerprint density at radius 2 is 1.97 bits per heavy atom. The van der Waals surface area contributed by atoms with Gasteiger partial charge >= 0.3 is 0 Å². The van der Waals surface area contributed by atoms with Gasteiger partial charge in [0.25, 0.3) is 5.91 Å². The molecule has 0 unspecified atom stereocenters. The van der Waals surface area contributed by atoms with Gasteiger partial charge in [0.15, 0.2) is 5.69 Å². The first-order chi connectivity index (χ1) is 16.6. The van der Waals surface area contributed by atoms with Crippen molar-refractivity contribution < 1.29 is 9.90 Å². The first kappa shape index (κ1) is 22.0. The number of pyridine rings is 2. The van der Waals surface area contributed by atoms with Crippen LogP contribution in [0.4, 0.5) is 11.5 Å². The summed E-state index contributed by atoms with van der Waals surface area (Å²) in [4.78, 5) is 23.9. The molecule has 0 radical (unpaired) electrons. The molecule has 4 N–H and O–H groups in total. The molecule has 1 aliphatic heterocycles. The van der Waals surface area contributed by atoms with E-state index < -0.39 is 0 Å². The normalized spacial score (nSPS) is 14.9. The third-order valence-corrected chi connectivity index (χ3v) is 6.15. The predicted octanol–water partition coefficient (Wildman–Crippen LogP) is 3.27. The molecule has 1 amide bonds. The number of fused-ring (bicyclic) bond motifs is 1. The van der Waals surface area contributed by atoms with Crippen molar-refractivity contribution in [1.29, 1.82) is 0 Å². The van der Waals surface area contributed by atoms with Crippen LogP contribution in [0.5, 0.6) is 0 Å². The highest BCUT2D eigenvalue weighted by Crippen LogP contribution is 2.27. The summed E-state index contributed by atoms with van der Waals surface area (Å²) in [6, 6.07) is 11.6. The van der Waals surface area contributed by atoms with Crippen molar-refractivity contribution in [3.05, 3.63) is 66.2 Å². The maximum absolute atomic E-state index is 12.9. The molecule has 4 heterocycles. The number of anilines is 2. The number of carbonyl (C=O) groups is 1. The van der Waals surface area contributed by atoms with Crippen LogP contribution in [0, 0.1) is 0 Å². The van der Waals surface area contributed by atoms with E-state index in [4.69, 9.17) is 0 Å². The second kappa shape index (κ2) is 9.58. The molecule has 0 bridgehead atoms. The zero-order chi connectivity index (χ0) is 23.5. The Morgan fingerprint density at radius 3 is 2.74 bits per heavy atom. The zero-order valence-corrected chi connectivity index (χ0v) is 19.0. The van der Waals surface area contributed by atoms with Gasteiger partial charge in [-0.25, -0.2) is 4.98 Å². The summed E-state index contributed by atoms with van der Waals surface area (Å²) < 4.78 is 0. The summed E-state index contributed by atoms with van der Waals surface area (Å²) in [6.45, 7) is 2.58. The lowest BCUT2D eigenvalue weighted by Gasteiger charge is -2.29. The van der Waals surface area contributed by atoms with Gasteiger partial charge in [0.2, 0.25) is 0 Å². The van der Waals surface area contributed by atoms with E-state index in [0.29, 0.717) is 11.4 Å². The number of aliphatic hydroxyl groups is 1. The highest BCUT2D eigenvalue weighted by molar-refractivity contribution is 6.11. The maximum atomic E-state index is 12.9. The number of hydrogen-bond acceptors (Lipinski definition) is 7. The van der Waals surface area contributed by atoms with Crippen LogP contribution in [0.2, 0.25) is 0 Å². The Balaban J connectivity index is 1.36. The van der Waals surface area contributed by atoms with E-state index in [-0.39, 0.29) is 12.0 Å². The van der Waals surface area contributed by atoms with Gasteiger partial charge in [-0.2, -0.15) is 5.10 Å². The Bertz CT molecular complexity index is 1290. The van der Waals surface area contributed by atoms with E-state index in [9.17, 15) is 9.90 Å². The van der Waals surface area contributed by atoms with E-state index in [1.807, 2.05) is 30.6 Å². The molecule has 1 saturated heterocycles. The summed E-state index contributed by atoms with van der Waals surface area (Å²) in [5.41, 5.74) is 4.77. The van der Waals surface area contributed by atoms with Crippen LogP contribution in [0.3, 0.4) is 0 Å². The Kier molecular flexibility index (Phi) is 6.20. The first-order valence-corrected chi connectivity index (χ1v) is 11.4. The number of carbonyl (C=O) groups excluding carboxylic acids is 1. The van der Waals surface area contributed by atoms with Gasteiger partial charge in [-0.1, -0.05) is 6.07 Å². The lowest BCUT2D eigenvalue weighted by Crippen LogP contribution is -2.35. The minimum Gasteiger partial charge on any atom is -0.393 e. The SMILES string of the molecule is CNc1ccc(NC(=O)c2n[nH]c3ccc(-c4cncc(CN5CCC(O)CC5)c4)cc23)cn1.